The summed E-state index contributed by atoms with van der Waals surface area (Å²) in [7, 11) is -4.02. The van der Waals surface area contributed by atoms with E-state index in [-0.39, 0.29) is 11.4 Å². The van der Waals surface area contributed by atoms with Gasteiger partial charge in [0.15, 0.2) is 0 Å². The molecule has 0 radical (unpaired) electrons. The number of para-hydroxylation sites is 1. The fourth-order valence-electron chi connectivity index (χ4n) is 2.43. The first-order valence-corrected chi connectivity index (χ1v) is 8.89. The van der Waals surface area contributed by atoms with Crippen molar-refractivity contribution >= 4 is 15.7 Å². The topological polar surface area (TPSA) is 37.4 Å². The third kappa shape index (κ3) is 3.31. The van der Waals surface area contributed by atoms with Crippen LogP contribution in [-0.2, 0) is 16.6 Å². The fourth-order valence-corrected chi connectivity index (χ4v) is 3.95. The molecule has 0 unspecified atom stereocenters. The number of halogens is 1. The van der Waals surface area contributed by atoms with E-state index in [1.807, 2.05) is 30.3 Å². The molecule has 3 rings (SSSR count). The van der Waals surface area contributed by atoms with Crippen molar-refractivity contribution in [1.29, 1.82) is 0 Å². The van der Waals surface area contributed by atoms with Gasteiger partial charge in [-0.05, 0) is 29.8 Å². The Morgan fingerprint density at radius 3 is 1.92 bits per heavy atom. The summed E-state index contributed by atoms with van der Waals surface area (Å²) in [6, 6.07) is 23.4. The summed E-state index contributed by atoms with van der Waals surface area (Å²) >= 11 is 0. The summed E-state index contributed by atoms with van der Waals surface area (Å²) in [6.07, 6.45) is 0. The second-order valence-electron chi connectivity index (χ2n) is 5.26. The second kappa shape index (κ2) is 6.84. The Balaban J connectivity index is 2.09. The Hall–Kier alpha value is -2.66. The SMILES string of the molecule is O=S(=O)(c1ccccc1F)N(Cc1ccccc1)c1ccccc1. The molecule has 0 heterocycles. The fraction of sp³-hybridized carbons (Fsp3) is 0.0526. The van der Waals surface area contributed by atoms with Gasteiger partial charge in [-0.1, -0.05) is 60.7 Å². The zero-order valence-electron chi connectivity index (χ0n) is 12.8. The van der Waals surface area contributed by atoms with E-state index in [0.29, 0.717) is 5.69 Å². The highest BCUT2D eigenvalue weighted by Gasteiger charge is 2.27. The summed E-state index contributed by atoms with van der Waals surface area (Å²) in [5.41, 5.74) is 1.31. The number of hydrogen-bond acceptors (Lipinski definition) is 2. The molecular formula is C19H16FNO2S. The van der Waals surface area contributed by atoms with Crippen molar-refractivity contribution in [2.24, 2.45) is 0 Å². The van der Waals surface area contributed by atoms with Crippen LogP contribution < -0.4 is 4.31 Å². The summed E-state index contributed by atoms with van der Waals surface area (Å²) in [5, 5.41) is 0. The van der Waals surface area contributed by atoms with Crippen LogP contribution in [0.3, 0.4) is 0 Å². The van der Waals surface area contributed by atoms with E-state index in [0.717, 1.165) is 11.6 Å². The Morgan fingerprint density at radius 2 is 1.29 bits per heavy atom. The van der Waals surface area contributed by atoms with E-state index >= 15 is 0 Å². The Morgan fingerprint density at radius 1 is 0.750 bits per heavy atom. The molecule has 5 heteroatoms. The van der Waals surface area contributed by atoms with E-state index in [1.165, 1.54) is 22.5 Å². The Kier molecular flexibility index (Phi) is 4.62. The maximum absolute atomic E-state index is 14.1. The number of rotatable bonds is 5. The molecule has 0 aliphatic heterocycles. The van der Waals surface area contributed by atoms with Crippen molar-refractivity contribution in [3.05, 3.63) is 96.3 Å². The van der Waals surface area contributed by atoms with Crippen molar-refractivity contribution in [3.63, 3.8) is 0 Å². The van der Waals surface area contributed by atoms with Crippen molar-refractivity contribution in [3.8, 4) is 0 Å². The van der Waals surface area contributed by atoms with Crippen LogP contribution >= 0.6 is 0 Å². The van der Waals surface area contributed by atoms with Crippen molar-refractivity contribution in [1.82, 2.24) is 0 Å². The molecule has 3 nitrogen and oxygen atoms in total. The molecule has 24 heavy (non-hydrogen) atoms. The van der Waals surface area contributed by atoms with E-state index in [1.54, 1.807) is 30.3 Å². The third-order valence-corrected chi connectivity index (χ3v) is 5.42. The molecule has 0 aliphatic carbocycles. The summed E-state index contributed by atoms with van der Waals surface area (Å²) in [6.45, 7) is 0.127. The number of nitrogens with zero attached hydrogens (tertiary/aromatic N) is 1. The smallest absolute Gasteiger partial charge is 0.262 e. The van der Waals surface area contributed by atoms with Gasteiger partial charge in [0.25, 0.3) is 10.0 Å². The highest BCUT2D eigenvalue weighted by molar-refractivity contribution is 7.92. The molecule has 0 aliphatic rings. The van der Waals surface area contributed by atoms with Crippen LogP contribution in [0.25, 0.3) is 0 Å². The maximum Gasteiger partial charge on any atom is 0.267 e. The third-order valence-electron chi connectivity index (χ3n) is 3.62. The lowest BCUT2D eigenvalue weighted by Crippen LogP contribution is -2.31. The number of hydrogen-bond donors (Lipinski definition) is 0. The summed E-state index contributed by atoms with van der Waals surface area (Å²) in [5.74, 6) is -0.758. The van der Waals surface area contributed by atoms with Gasteiger partial charge in [-0.25, -0.2) is 12.8 Å². The maximum atomic E-state index is 14.1. The highest BCUT2D eigenvalue weighted by atomic mass is 32.2. The van der Waals surface area contributed by atoms with Gasteiger partial charge in [-0.2, -0.15) is 0 Å². The molecule has 0 saturated carbocycles. The average molecular weight is 341 g/mol. The summed E-state index contributed by atoms with van der Waals surface area (Å²) < 4.78 is 41.4. The monoisotopic (exact) mass is 341 g/mol. The van der Waals surface area contributed by atoms with Gasteiger partial charge in [0.2, 0.25) is 0 Å². The molecule has 0 aromatic heterocycles. The number of benzene rings is 3. The van der Waals surface area contributed by atoms with Crippen LogP contribution in [0.2, 0.25) is 0 Å². The van der Waals surface area contributed by atoms with Crippen LogP contribution in [0.4, 0.5) is 10.1 Å². The molecule has 0 spiro atoms. The summed E-state index contributed by atoms with van der Waals surface area (Å²) in [4.78, 5) is -0.329. The predicted octanol–water partition coefficient (Wildman–Crippen LogP) is 4.22. The highest BCUT2D eigenvalue weighted by Crippen LogP contribution is 2.27. The first-order chi connectivity index (χ1) is 11.6. The van der Waals surface area contributed by atoms with Crippen LogP contribution in [0.5, 0.6) is 0 Å². The van der Waals surface area contributed by atoms with Crippen molar-refractivity contribution < 1.29 is 12.8 Å². The molecule has 3 aromatic carbocycles. The molecule has 122 valence electrons. The zero-order chi connectivity index (χ0) is 17.0. The van der Waals surface area contributed by atoms with Gasteiger partial charge >= 0.3 is 0 Å². The molecule has 0 saturated heterocycles. The largest absolute Gasteiger partial charge is 0.267 e. The average Bonchev–Trinajstić information content (AvgIpc) is 2.61. The van der Waals surface area contributed by atoms with Crippen LogP contribution in [-0.4, -0.2) is 8.42 Å². The first-order valence-electron chi connectivity index (χ1n) is 7.45. The molecule has 0 N–H and O–H groups in total. The lowest BCUT2D eigenvalue weighted by Gasteiger charge is -2.25. The van der Waals surface area contributed by atoms with Crippen molar-refractivity contribution in [2.75, 3.05) is 4.31 Å². The van der Waals surface area contributed by atoms with Gasteiger partial charge in [0.1, 0.15) is 10.7 Å². The Labute approximate surface area is 141 Å². The normalized spacial score (nSPS) is 11.2. The van der Waals surface area contributed by atoms with E-state index in [4.69, 9.17) is 0 Å². The first kappa shape index (κ1) is 16.2. The van der Waals surface area contributed by atoms with Gasteiger partial charge in [-0.15, -0.1) is 0 Å². The minimum Gasteiger partial charge on any atom is -0.262 e. The lowest BCUT2D eigenvalue weighted by atomic mass is 10.2. The van der Waals surface area contributed by atoms with Crippen LogP contribution in [0.1, 0.15) is 5.56 Å². The van der Waals surface area contributed by atoms with Crippen molar-refractivity contribution in [2.45, 2.75) is 11.4 Å². The minimum atomic E-state index is -4.02. The number of anilines is 1. The predicted molar refractivity (Wildman–Crippen MR) is 92.7 cm³/mol. The molecule has 0 atom stereocenters. The number of sulfonamides is 1. The zero-order valence-corrected chi connectivity index (χ0v) is 13.7. The van der Waals surface area contributed by atoms with Crippen LogP contribution in [0, 0.1) is 5.82 Å². The molecule has 0 fully saturated rings. The second-order valence-corrected chi connectivity index (χ2v) is 7.09. The van der Waals surface area contributed by atoms with Gasteiger partial charge in [0.05, 0.1) is 12.2 Å². The van der Waals surface area contributed by atoms with E-state index < -0.39 is 15.8 Å². The molecule has 3 aromatic rings. The van der Waals surface area contributed by atoms with Crippen LogP contribution in [0.15, 0.2) is 89.8 Å². The standard InChI is InChI=1S/C19H16FNO2S/c20-18-13-7-8-14-19(18)24(22,23)21(17-11-5-2-6-12-17)15-16-9-3-1-4-10-16/h1-14H,15H2. The minimum absolute atomic E-state index is 0.127. The molecular weight excluding hydrogens is 325 g/mol. The van der Waals surface area contributed by atoms with E-state index in [2.05, 4.69) is 0 Å². The van der Waals surface area contributed by atoms with Gasteiger partial charge in [-0.3, -0.25) is 4.31 Å². The molecule has 0 bridgehead atoms. The van der Waals surface area contributed by atoms with Gasteiger partial charge < -0.3 is 0 Å². The van der Waals surface area contributed by atoms with Gasteiger partial charge in [0, 0.05) is 0 Å². The molecule has 0 amide bonds. The quantitative estimate of drug-likeness (QED) is 0.697. The lowest BCUT2D eigenvalue weighted by molar-refractivity contribution is 0.563. The Bertz CT molecular complexity index is 912. The van der Waals surface area contributed by atoms with E-state index in [9.17, 15) is 12.8 Å².